The van der Waals surface area contributed by atoms with Gasteiger partial charge in [-0.05, 0) is 24.5 Å². The van der Waals surface area contributed by atoms with Crippen molar-refractivity contribution in [3.05, 3.63) is 47.1 Å². The van der Waals surface area contributed by atoms with E-state index in [1.807, 2.05) is 0 Å². The van der Waals surface area contributed by atoms with E-state index in [0.717, 1.165) is 38.4 Å². The zero-order chi connectivity index (χ0) is 18.2. The summed E-state index contributed by atoms with van der Waals surface area (Å²) >= 11 is 0. The summed E-state index contributed by atoms with van der Waals surface area (Å²) in [6.45, 7) is 6.89. The van der Waals surface area contributed by atoms with E-state index in [4.69, 9.17) is 9.26 Å². The predicted molar refractivity (Wildman–Crippen MR) is 96.4 cm³/mol. The zero-order valence-electron chi connectivity index (χ0n) is 15.2. The highest BCUT2D eigenvalue weighted by Crippen LogP contribution is 2.09. The monoisotopic (exact) mass is 358 g/mol. The number of carbonyl (C=O) groups is 1. The van der Waals surface area contributed by atoms with Crippen LogP contribution in [-0.4, -0.2) is 47.3 Å². The van der Waals surface area contributed by atoms with E-state index in [0.29, 0.717) is 37.5 Å². The van der Waals surface area contributed by atoms with Gasteiger partial charge < -0.3 is 14.6 Å². The Morgan fingerprint density at radius 1 is 1.19 bits per heavy atom. The van der Waals surface area contributed by atoms with E-state index in [1.54, 1.807) is 6.92 Å². The van der Waals surface area contributed by atoms with Crippen LogP contribution in [0, 0.1) is 6.92 Å². The lowest BCUT2D eigenvalue weighted by Gasteiger charge is -2.26. The van der Waals surface area contributed by atoms with Crippen molar-refractivity contribution in [2.75, 3.05) is 26.3 Å². The number of amides is 1. The highest BCUT2D eigenvalue weighted by molar-refractivity contribution is 5.75. The van der Waals surface area contributed by atoms with Gasteiger partial charge in [-0.3, -0.25) is 9.69 Å². The molecule has 3 rings (SSSR count). The van der Waals surface area contributed by atoms with Crippen molar-refractivity contribution < 1.29 is 14.1 Å². The van der Waals surface area contributed by atoms with Gasteiger partial charge in [0, 0.05) is 39.0 Å². The van der Waals surface area contributed by atoms with Gasteiger partial charge in [-0.1, -0.05) is 29.4 Å². The molecule has 2 heterocycles. The van der Waals surface area contributed by atoms with Crippen molar-refractivity contribution in [1.82, 2.24) is 20.4 Å². The number of benzene rings is 1. The third-order valence-electron chi connectivity index (χ3n) is 4.39. The minimum absolute atomic E-state index is 0.0404. The second kappa shape index (κ2) is 9.45. The minimum atomic E-state index is 0.0404. The molecule has 0 atom stereocenters. The van der Waals surface area contributed by atoms with Crippen LogP contribution in [0.15, 0.2) is 28.8 Å². The van der Waals surface area contributed by atoms with Gasteiger partial charge in [-0.15, -0.1) is 0 Å². The van der Waals surface area contributed by atoms with Crippen LogP contribution in [0.3, 0.4) is 0 Å². The van der Waals surface area contributed by atoms with Crippen LogP contribution >= 0.6 is 0 Å². The number of aryl methyl sites for hydroxylation is 2. The molecule has 0 aliphatic carbocycles. The van der Waals surface area contributed by atoms with Gasteiger partial charge in [-0.2, -0.15) is 4.98 Å². The molecule has 7 heteroatoms. The van der Waals surface area contributed by atoms with Crippen molar-refractivity contribution in [3.8, 4) is 0 Å². The number of carbonyl (C=O) groups excluding carboxylic acids is 1. The van der Waals surface area contributed by atoms with Gasteiger partial charge >= 0.3 is 0 Å². The molecule has 140 valence electrons. The Morgan fingerprint density at radius 2 is 1.92 bits per heavy atom. The summed E-state index contributed by atoms with van der Waals surface area (Å²) in [5.74, 6) is 1.26. The lowest BCUT2D eigenvalue weighted by molar-refractivity contribution is -0.121. The molecule has 1 N–H and O–H groups in total. The number of hydrogen-bond donors (Lipinski definition) is 1. The zero-order valence-corrected chi connectivity index (χ0v) is 15.2. The molecule has 1 aromatic heterocycles. The molecule has 7 nitrogen and oxygen atoms in total. The van der Waals surface area contributed by atoms with E-state index in [1.165, 1.54) is 5.56 Å². The lowest BCUT2D eigenvalue weighted by Crippen LogP contribution is -2.35. The summed E-state index contributed by atoms with van der Waals surface area (Å²) in [5, 5.41) is 6.70. The van der Waals surface area contributed by atoms with Gasteiger partial charge in [0.25, 0.3) is 0 Å². The third-order valence-corrected chi connectivity index (χ3v) is 4.39. The molecule has 0 radical (unpaired) electrons. The maximum Gasteiger partial charge on any atom is 0.226 e. The maximum atomic E-state index is 11.9. The summed E-state index contributed by atoms with van der Waals surface area (Å²) in [7, 11) is 0. The summed E-state index contributed by atoms with van der Waals surface area (Å²) in [4.78, 5) is 18.5. The quantitative estimate of drug-likeness (QED) is 0.776. The van der Waals surface area contributed by atoms with Crippen LogP contribution in [0.25, 0.3) is 0 Å². The van der Waals surface area contributed by atoms with Crippen LogP contribution in [0.4, 0.5) is 0 Å². The van der Waals surface area contributed by atoms with Crippen LogP contribution in [0.1, 0.15) is 35.7 Å². The molecule has 1 amide bonds. The average Bonchev–Trinajstić information content (AvgIpc) is 3.07. The molecule has 1 saturated heterocycles. The summed E-state index contributed by atoms with van der Waals surface area (Å²) in [6, 6.07) is 8.43. The Kier molecular flexibility index (Phi) is 6.74. The lowest BCUT2D eigenvalue weighted by atomic mass is 10.1. The number of nitrogens with one attached hydrogen (secondary N) is 1. The molecule has 0 bridgehead atoms. The van der Waals surface area contributed by atoms with Gasteiger partial charge in [0.1, 0.15) is 0 Å². The van der Waals surface area contributed by atoms with Gasteiger partial charge in [0.2, 0.25) is 11.8 Å². The van der Waals surface area contributed by atoms with Crippen LogP contribution < -0.4 is 5.32 Å². The van der Waals surface area contributed by atoms with Crippen molar-refractivity contribution in [2.45, 2.75) is 39.3 Å². The van der Waals surface area contributed by atoms with Gasteiger partial charge in [0.15, 0.2) is 5.82 Å². The van der Waals surface area contributed by atoms with Gasteiger partial charge in [0.05, 0.1) is 13.2 Å². The molecule has 1 aliphatic heterocycles. The smallest absolute Gasteiger partial charge is 0.226 e. The van der Waals surface area contributed by atoms with Crippen LogP contribution in [0.2, 0.25) is 0 Å². The molecule has 1 aliphatic rings. The molecule has 1 fully saturated rings. The highest BCUT2D eigenvalue weighted by atomic mass is 16.5. The molecule has 2 aromatic rings. The topological polar surface area (TPSA) is 80.5 Å². The summed E-state index contributed by atoms with van der Waals surface area (Å²) in [6.07, 6.45) is 1.78. The second-order valence-corrected chi connectivity index (χ2v) is 6.57. The number of hydrogen-bond acceptors (Lipinski definition) is 6. The van der Waals surface area contributed by atoms with Crippen molar-refractivity contribution in [2.24, 2.45) is 0 Å². The Morgan fingerprint density at radius 3 is 2.62 bits per heavy atom. The minimum Gasteiger partial charge on any atom is -0.379 e. The predicted octanol–water partition coefficient (Wildman–Crippen LogP) is 1.85. The first-order valence-corrected chi connectivity index (χ1v) is 9.13. The van der Waals surface area contributed by atoms with E-state index < -0.39 is 0 Å². The van der Waals surface area contributed by atoms with E-state index in [2.05, 4.69) is 44.6 Å². The number of aromatic nitrogens is 2. The standard InChI is InChI=1S/C19H26N4O3/c1-15-21-19(26-22-15)4-2-3-18(24)20-13-16-5-7-17(8-6-16)14-23-9-11-25-12-10-23/h5-8H,2-4,9-14H2,1H3,(H,20,24). The Hall–Kier alpha value is -2.25. The van der Waals surface area contributed by atoms with Crippen LogP contribution in [0.5, 0.6) is 0 Å². The second-order valence-electron chi connectivity index (χ2n) is 6.57. The fraction of sp³-hybridized carbons (Fsp3) is 0.526. The van der Waals surface area contributed by atoms with Crippen molar-refractivity contribution in [1.29, 1.82) is 0 Å². The molecule has 26 heavy (non-hydrogen) atoms. The van der Waals surface area contributed by atoms with E-state index in [-0.39, 0.29) is 5.91 Å². The normalized spacial score (nSPS) is 15.1. The number of nitrogens with zero attached hydrogens (tertiary/aromatic N) is 3. The highest BCUT2D eigenvalue weighted by Gasteiger charge is 2.10. The maximum absolute atomic E-state index is 11.9. The summed E-state index contributed by atoms with van der Waals surface area (Å²) in [5.41, 5.74) is 2.40. The Balaban J connectivity index is 1.35. The first-order valence-electron chi connectivity index (χ1n) is 9.13. The molecule has 0 unspecified atom stereocenters. The number of ether oxygens (including phenoxy) is 1. The first-order chi connectivity index (χ1) is 12.7. The molecular weight excluding hydrogens is 332 g/mol. The average molecular weight is 358 g/mol. The van der Waals surface area contributed by atoms with E-state index in [9.17, 15) is 4.79 Å². The Labute approximate surface area is 153 Å². The third kappa shape index (κ3) is 5.93. The number of rotatable bonds is 8. The molecule has 1 aromatic carbocycles. The fourth-order valence-electron chi connectivity index (χ4n) is 2.91. The fourth-order valence-corrected chi connectivity index (χ4v) is 2.91. The Bertz CT molecular complexity index is 693. The SMILES string of the molecule is Cc1noc(CCCC(=O)NCc2ccc(CN3CCOCC3)cc2)n1. The first kappa shape index (κ1) is 18.5. The number of morpholine rings is 1. The molecule has 0 spiro atoms. The summed E-state index contributed by atoms with van der Waals surface area (Å²) < 4.78 is 10.4. The van der Waals surface area contributed by atoms with Crippen LogP contribution in [-0.2, 0) is 29.0 Å². The largest absolute Gasteiger partial charge is 0.379 e. The molecule has 0 saturated carbocycles. The van der Waals surface area contributed by atoms with Gasteiger partial charge in [-0.25, -0.2) is 0 Å². The van der Waals surface area contributed by atoms with E-state index >= 15 is 0 Å². The molecular formula is C19H26N4O3. The van der Waals surface area contributed by atoms with Crippen molar-refractivity contribution in [3.63, 3.8) is 0 Å². The van der Waals surface area contributed by atoms with Crippen molar-refractivity contribution >= 4 is 5.91 Å².